The number of rotatable bonds is 2. The molecule has 3 rings (SSSR count). The van der Waals surface area contributed by atoms with E-state index in [1.54, 1.807) is 0 Å². The summed E-state index contributed by atoms with van der Waals surface area (Å²) < 4.78 is 0. The van der Waals surface area contributed by atoms with E-state index in [0.717, 1.165) is 23.7 Å². The fraction of sp³-hybridized carbons (Fsp3) is 0.955. The molecule has 0 N–H and O–H groups in total. The number of hydrogen-bond acceptors (Lipinski definition) is 1. The van der Waals surface area contributed by atoms with Crippen LogP contribution in [-0.2, 0) is 4.79 Å². The summed E-state index contributed by atoms with van der Waals surface area (Å²) in [6.45, 7) is 7.27. The normalized spacial score (nSPS) is 46.5. The second kappa shape index (κ2) is 7.28. The van der Waals surface area contributed by atoms with Crippen LogP contribution in [-0.4, -0.2) is 6.29 Å². The molecule has 3 fully saturated rings. The van der Waals surface area contributed by atoms with Crippen LogP contribution >= 0.6 is 0 Å². The van der Waals surface area contributed by atoms with Crippen LogP contribution in [0.2, 0.25) is 0 Å². The molecule has 0 radical (unpaired) electrons. The third-order valence-electron chi connectivity index (χ3n) is 8.34. The molecular formula is C22H38O. The molecule has 3 saturated carbocycles. The molecule has 6 unspecified atom stereocenters. The number of carbonyl (C=O) groups excluding carboxylic acids is 1. The lowest BCUT2D eigenvalue weighted by Gasteiger charge is -2.51. The standard InChI is InChI=1S/C22H38O/c1-16-9-7-5-4-6-8-10-19-18(16)13-14-22(3)20(17(2)15-23)11-12-21(19)22/h15-21H,4-14H2,1-3H3/t16?,17-,18?,19?,20?,21?,22?/m1/s1. The molecule has 0 aromatic carbocycles. The number of fused-ring (bicyclic) bond motifs is 3. The van der Waals surface area contributed by atoms with Crippen molar-refractivity contribution in [2.45, 2.75) is 91.4 Å². The highest BCUT2D eigenvalue weighted by molar-refractivity contribution is 5.53. The van der Waals surface area contributed by atoms with Crippen molar-refractivity contribution in [2.24, 2.45) is 40.9 Å². The molecule has 0 bridgehead atoms. The molecule has 1 nitrogen and oxygen atoms in total. The third kappa shape index (κ3) is 3.27. The molecule has 3 aliphatic rings. The van der Waals surface area contributed by atoms with Gasteiger partial charge in [0.1, 0.15) is 6.29 Å². The van der Waals surface area contributed by atoms with E-state index in [4.69, 9.17) is 0 Å². The highest BCUT2D eigenvalue weighted by atomic mass is 16.1. The van der Waals surface area contributed by atoms with Gasteiger partial charge >= 0.3 is 0 Å². The maximum Gasteiger partial charge on any atom is 0.123 e. The Hall–Kier alpha value is -0.330. The summed E-state index contributed by atoms with van der Waals surface area (Å²) in [5, 5.41) is 0. The average Bonchev–Trinajstić information content (AvgIpc) is 2.90. The molecule has 3 aliphatic carbocycles. The molecule has 0 aromatic rings. The fourth-order valence-corrected chi connectivity index (χ4v) is 7.03. The highest BCUT2D eigenvalue weighted by Gasteiger charge is 2.55. The first kappa shape index (κ1) is 17.5. The lowest BCUT2D eigenvalue weighted by molar-refractivity contribution is -0.114. The molecule has 132 valence electrons. The predicted octanol–water partition coefficient (Wildman–Crippen LogP) is 6.26. The first-order valence-electron chi connectivity index (χ1n) is 10.5. The minimum absolute atomic E-state index is 0.263. The highest BCUT2D eigenvalue weighted by Crippen LogP contribution is 2.62. The minimum atomic E-state index is 0.263. The van der Waals surface area contributed by atoms with E-state index in [0.29, 0.717) is 11.3 Å². The Morgan fingerprint density at radius 3 is 2.35 bits per heavy atom. The molecule has 0 saturated heterocycles. The molecule has 0 spiro atoms. The van der Waals surface area contributed by atoms with Crippen molar-refractivity contribution in [1.82, 2.24) is 0 Å². The fourth-order valence-electron chi connectivity index (χ4n) is 7.03. The average molecular weight is 319 g/mol. The van der Waals surface area contributed by atoms with Gasteiger partial charge < -0.3 is 4.79 Å². The second-order valence-corrected chi connectivity index (χ2v) is 9.48. The summed E-state index contributed by atoms with van der Waals surface area (Å²) >= 11 is 0. The van der Waals surface area contributed by atoms with Gasteiger partial charge in [0.25, 0.3) is 0 Å². The van der Waals surface area contributed by atoms with Gasteiger partial charge in [-0.25, -0.2) is 0 Å². The van der Waals surface area contributed by atoms with E-state index in [1.165, 1.54) is 76.9 Å². The van der Waals surface area contributed by atoms with Gasteiger partial charge in [0.15, 0.2) is 0 Å². The lowest BCUT2D eigenvalue weighted by atomic mass is 9.53. The van der Waals surface area contributed by atoms with Crippen LogP contribution in [0.25, 0.3) is 0 Å². The van der Waals surface area contributed by atoms with Crippen molar-refractivity contribution in [3.05, 3.63) is 0 Å². The molecule has 0 aliphatic heterocycles. The van der Waals surface area contributed by atoms with E-state index in [2.05, 4.69) is 20.8 Å². The van der Waals surface area contributed by atoms with Crippen molar-refractivity contribution in [1.29, 1.82) is 0 Å². The van der Waals surface area contributed by atoms with Crippen LogP contribution in [0.3, 0.4) is 0 Å². The van der Waals surface area contributed by atoms with Gasteiger partial charge in [0.2, 0.25) is 0 Å². The van der Waals surface area contributed by atoms with Gasteiger partial charge in [-0.1, -0.05) is 59.3 Å². The van der Waals surface area contributed by atoms with Gasteiger partial charge in [-0.05, 0) is 67.1 Å². The molecule has 0 heterocycles. The summed E-state index contributed by atoms with van der Waals surface area (Å²) in [5.41, 5.74) is 0.450. The third-order valence-corrected chi connectivity index (χ3v) is 8.34. The van der Waals surface area contributed by atoms with Crippen LogP contribution in [0, 0.1) is 40.9 Å². The second-order valence-electron chi connectivity index (χ2n) is 9.48. The molecule has 23 heavy (non-hydrogen) atoms. The zero-order valence-electron chi connectivity index (χ0n) is 15.7. The Labute approximate surface area is 144 Å². The summed E-state index contributed by atoms with van der Waals surface area (Å²) in [7, 11) is 0. The van der Waals surface area contributed by atoms with Gasteiger partial charge in [-0.2, -0.15) is 0 Å². The molecule has 1 heteroatoms. The topological polar surface area (TPSA) is 17.1 Å². The summed E-state index contributed by atoms with van der Waals surface area (Å²) in [4.78, 5) is 11.4. The van der Waals surface area contributed by atoms with Gasteiger partial charge in [-0.3, -0.25) is 0 Å². The quantitative estimate of drug-likeness (QED) is 0.549. The Morgan fingerprint density at radius 2 is 1.61 bits per heavy atom. The monoisotopic (exact) mass is 318 g/mol. The molecule has 0 amide bonds. The van der Waals surface area contributed by atoms with Gasteiger partial charge in [0, 0.05) is 5.92 Å². The van der Waals surface area contributed by atoms with E-state index in [1.807, 2.05) is 0 Å². The summed E-state index contributed by atoms with van der Waals surface area (Å²) in [6, 6.07) is 0. The van der Waals surface area contributed by atoms with Crippen LogP contribution in [0.5, 0.6) is 0 Å². The van der Waals surface area contributed by atoms with E-state index in [-0.39, 0.29) is 5.92 Å². The van der Waals surface area contributed by atoms with Crippen LogP contribution < -0.4 is 0 Å². The SMILES string of the molecule is CC1CCCCCCCC2C1CCC1(C)C2CCC1[C@H](C)C=O. The minimum Gasteiger partial charge on any atom is -0.303 e. The van der Waals surface area contributed by atoms with Crippen LogP contribution in [0.1, 0.15) is 91.4 Å². The predicted molar refractivity (Wildman–Crippen MR) is 97.2 cm³/mol. The van der Waals surface area contributed by atoms with Gasteiger partial charge in [-0.15, -0.1) is 0 Å². The first-order valence-corrected chi connectivity index (χ1v) is 10.5. The Morgan fingerprint density at radius 1 is 0.913 bits per heavy atom. The summed E-state index contributed by atoms with van der Waals surface area (Å²) in [5.74, 6) is 4.65. The van der Waals surface area contributed by atoms with Crippen molar-refractivity contribution in [2.75, 3.05) is 0 Å². The number of carbonyl (C=O) groups is 1. The van der Waals surface area contributed by atoms with Crippen molar-refractivity contribution in [3.63, 3.8) is 0 Å². The Balaban J connectivity index is 1.81. The molecule has 0 aromatic heterocycles. The van der Waals surface area contributed by atoms with Crippen LogP contribution in [0.4, 0.5) is 0 Å². The van der Waals surface area contributed by atoms with Crippen molar-refractivity contribution >= 4 is 6.29 Å². The Kier molecular flexibility index (Phi) is 5.53. The first-order chi connectivity index (χ1) is 11.1. The maximum atomic E-state index is 11.4. The van der Waals surface area contributed by atoms with Crippen LogP contribution in [0.15, 0.2) is 0 Å². The van der Waals surface area contributed by atoms with E-state index < -0.39 is 0 Å². The lowest BCUT2D eigenvalue weighted by Crippen LogP contribution is -2.44. The van der Waals surface area contributed by atoms with Crippen molar-refractivity contribution < 1.29 is 4.79 Å². The number of aldehydes is 1. The molecule has 7 atom stereocenters. The van der Waals surface area contributed by atoms with E-state index >= 15 is 0 Å². The van der Waals surface area contributed by atoms with Gasteiger partial charge in [0.05, 0.1) is 0 Å². The van der Waals surface area contributed by atoms with E-state index in [9.17, 15) is 4.79 Å². The molecular weight excluding hydrogens is 280 g/mol. The largest absolute Gasteiger partial charge is 0.303 e. The van der Waals surface area contributed by atoms with Crippen molar-refractivity contribution in [3.8, 4) is 0 Å². The smallest absolute Gasteiger partial charge is 0.123 e. The summed E-state index contributed by atoms with van der Waals surface area (Å²) in [6.07, 6.45) is 17.0. The zero-order valence-corrected chi connectivity index (χ0v) is 15.7. The maximum absolute atomic E-state index is 11.4. The number of hydrogen-bond donors (Lipinski definition) is 0. The zero-order chi connectivity index (χ0) is 16.4. The Bertz CT molecular complexity index is 403.